The second-order valence-corrected chi connectivity index (χ2v) is 8.70. The van der Waals surface area contributed by atoms with Gasteiger partial charge in [-0.1, -0.05) is 42.5 Å². The summed E-state index contributed by atoms with van der Waals surface area (Å²) in [6.07, 6.45) is 2.32. The fourth-order valence-corrected chi connectivity index (χ4v) is 4.31. The molecule has 0 aliphatic rings. The van der Waals surface area contributed by atoms with E-state index in [2.05, 4.69) is 15.0 Å². The monoisotopic (exact) mass is 431 g/mol. The predicted molar refractivity (Wildman–Crippen MR) is 121 cm³/mol. The van der Waals surface area contributed by atoms with Crippen LogP contribution in [0.15, 0.2) is 96.0 Å². The fourth-order valence-electron chi connectivity index (χ4n) is 3.22. The predicted octanol–water partition coefficient (Wildman–Crippen LogP) is 4.01. The van der Waals surface area contributed by atoms with Gasteiger partial charge in [0.2, 0.25) is 0 Å². The van der Waals surface area contributed by atoms with Crippen LogP contribution in [0.5, 0.6) is 0 Å². The lowest BCUT2D eigenvalue weighted by Crippen LogP contribution is -2.26. The Morgan fingerprint density at radius 1 is 0.839 bits per heavy atom. The van der Waals surface area contributed by atoms with Crippen molar-refractivity contribution in [1.29, 1.82) is 0 Å². The van der Waals surface area contributed by atoms with Gasteiger partial charge in [0, 0.05) is 36.1 Å². The topological polar surface area (TPSA) is 88.2 Å². The molecule has 0 fully saturated rings. The number of carbonyl (C=O) groups is 1. The number of anilines is 1. The number of benzene rings is 3. The van der Waals surface area contributed by atoms with Crippen LogP contribution in [0.3, 0.4) is 0 Å². The molecule has 1 heterocycles. The van der Waals surface area contributed by atoms with Gasteiger partial charge in [-0.2, -0.15) is 0 Å². The third-order valence-corrected chi connectivity index (χ3v) is 6.18. The Kier molecular flexibility index (Phi) is 5.95. The Bertz CT molecular complexity index is 1320. The third kappa shape index (κ3) is 5.07. The smallest absolute Gasteiger partial charge is 0.261 e. The molecule has 3 aromatic carbocycles. The average molecular weight is 432 g/mol. The summed E-state index contributed by atoms with van der Waals surface area (Å²) in [6, 6.07) is 24.6. The van der Waals surface area contributed by atoms with Gasteiger partial charge in [-0.15, -0.1) is 0 Å². The van der Waals surface area contributed by atoms with Crippen LogP contribution in [0, 0.1) is 0 Å². The molecule has 4 rings (SSSR count). The maximum atomic E-state index is 12.8. The first-order valence-corrected chi connectivity index (χ1v) is 11.3. The number of fused-ring (bicyclic) bond motifs is 1. The SMILES string of the molecule is O=C(NCCc1ccccn1)c1cccc(NS(=O)(=O)c2ccc3ccccc3c2)c1. The molecule has 1 amide bonds. The standard InChI is InChI=1S/C24H21N3O3S/c28-24(26-15-13-21-9-3-4-14-25-21)20-8-5-10-22(16-20)27-31(29,30)23-12-11-18-6-1-2-7-19(18)17-23/h1-12,14,16-17,27H,13,15H2,(H,26,28). The number of rotatable bonds is 7. The highest BCUT2D eigenvalue weighted by molar-refractivity contribution is 7.92. The van der Waals surface area contributed by atoms with E-state index in [1.54, 1.807) is 42.6 Å². The van der Waals surface area contributed by atoms with E-state index >= 15 is 0 Å². The highest BCUT2D eigenvalue weighted by Gasteiger charge is 2.16. The van der Waals surface area contributed by atoms with Crippen molar-refractivity contribution < 1.29 is 13.2 Å². The van der Waals surface area contributed by atoms with Gasteiger partial charge in [0.15, 0.2) is 0 Å². The summed E-state index contributed by atoms with van der Waals surface area (Å²) in [5, 5.41) is 4.64. The van der Waals surface area contributed by atoms with E-state index in [1.807, 2.05) is 42.5 Å². The van der Waals surface area contributed by atoms with Gasteiger partial charge < -0.3 is 5.32 Å². The van der Waals surface area contributed by atoms with Crippen molar-refractivity contribution in [2.24, 2.45) is 0 Å². The largest absolute Gasteiger partial charge is 0.352 e. The molecular formula is C24H21N3O3S. The summed E-state index contributed by atoms with van der Waals surface area (Å²) in [4.78, 5) is 16.8. The number of carbonyl (C=O) groups excluding carboxylic acids is 1. The van der Waals surface area contributed by atoms with Crippen LogP contribution in [-0.2, 0) is 16.4 Å². The molecule has 6 nitrogen and oxygen atoms in total. The highest BCUT2D eigenvalue weighted by Crippen LogP contribution is 2.22. The second kappa shape index (κ2) is 8.97. The molecule has 156 valence electrons. The molecule has 0 spiro atoms. The van der Waals surface area contributed by atoms with Crippen LogP contribution < -0.4 is 10.0 Å². The van der Waals surface area contributed by atoms with Gasteiger partial charge >= 0.3 is 0 Å². The molecule has 0 bridgehead atoms. The van der Waals surface area contributed by atoms with E-state index in [9.17, 15) is 13.2 Å². The van der Waals surface area contributed by atoms with Gasteiger partial charge in [-0.25, -0.2) is 8.42 Å². The van der Waals surface area contributed by atoms with Gasteiger partial charge in [0.1, 0.15) is 0 Å². The van der Waals surface area contributed by atoms with Crippen LogP contribution >= 0.6 is 0 Å². The van der Waals surface area contributed by atoms with Crippen LogP contribution in [0.1, 0.15) is 16.1 Å². The van der Waals surface area contributed by atoms with E-state index in [1.165, 1.54) is 6.07 Å². The zero-order valence-electron chi connectivity index (χ0n) is 16.7. The Hall–Kier alpha value is -3.71. The number of sulfonamides is 1. The summed E-state index contributed by atoms with van der Waals surface area (Å²) in [7, 11) is -3.79. The molecule has 0 radical (unpaired) electrons. The van der Waals surface area contributed by atoms with Crippen molar-refractivity contribution in [3.8, 4) is 0 Å². The van der Waals surface area contributed by atoms with Gasteiger partial charge in [-0.3, -0.25) is 14.5 Å². The Balaban J connectivity index is 1.45. The molecule has 1 aromatic heterocycles. The lowest BCUT2D eigenvalue weighted by atomic mass is 10.1. The summed E-state index contributed by atoms with van der Waals surface area (Å²) >= 11 is 0. The first kappa shape index (κ1) is 20.6. The van der Waals surface area contributed by atoms with Crippen molar-refractivity contribution in [2.75, 3.05) is 11.3 Å². The van der Waals surface area contributed by atoms with Gasteiger partial charge in [0.25, 0.3) is 15.9 Å². The number of nitrogens with zero attached hydrogens (tertiary/aromatic N) is 1. The van der Waals surface area contributed by atoms with Crippen LogP contribution in [-0.4, -0.2) is 25.9 Å². The van der Waals surface area contributed by atoms with Crippen molar-refractivity contribution in [3.63, 3.8) is 0 Å². The van der Waals surface area contributed by atoms with E-state index in [0.29, 0.717) is 24.2 Å². The summed E-state index contributed by atoms with van der Waals surface area (Å²) in [6.45, 7) is 0.433. The van der Waals surface area contributed by atoms with Crippen molar-refractivity contribution in [2.45, 2.75) is 11.3 Å². The fraction of sp³-hybridized carbons (Fsp3) is 0.0833. The minimum atomic E-state index is -3.79. The van der Waals surface area contributed by atoms with Gasteiger partial charge in [0.05, 0.1) is 4.90 Å². The maximum Gasteiger partial charge on any atom is 0.261 e. The summed E-state index contributed by atoms with van der Waals surface area (Å²) in [5.74, 6) is -0.275. The average Bonchev–Trinajstić information content (AvgIpc) is 2.79. The van der Waals surface area contributed by atoms with Crippen LogP contribution in [0.4, 0.5) is 5.69 Å². The number of nitrogens with one attached hydrogen (secondary N) is 2. The Morgan fingerprint density at radius 3 is 2.45 bits per heavy atom. The van der Waals surface area contributed by atoms with Crippen molar-refractivity contribution in [1.82, 2.24) is 10.3 Å². The second-order valence-electron chi connectivity index (χ2n) is 7.02. The molecule has 31 heavy (non-hydrogen) atoms. The Labute approximate surface area is 181 Å². The number of amides is 1. The van der Waals surface area contributed by atoms with Crippen LogP contribution in [0.2, 0.25) is 0 Å². The molecule has 0 atom stereocenters. The molecule has 0 saturated carbocycles. The van der Waals surface area contributed by atoms with E-state index in [0.717, 1.165) is 16.5 Å². The van der Waals surface area contributed by atoms with E-state index < -0.39 is 10.0 Å². The minimum absolute atomic E-state index is 0.163. The molecular weight excluding hydrogens is 410 g/mol. The normalized spacial score (nSPS) is 11.2. The lowest BCUT2D eigenvalue weighted by molar-refractivity contribution is 0.0954. The highest BCUT2D eigenvalue weighted by atomic mass is 32.2. The van der Waals surface area contributed by atoms with Crippen molar-refractivity contribution in [3.05, 3.63) is 102 Å². The van der Waals surface area contributed by atoms with Crippen molar-refractivity contribution >= 4 is 32.4 Å². The number of pyridine rings is 1. The quantitative estimate of drug-likeness (QED) is 0.463. The third-order valence-electron chi connectivity index (χ3n) is 4.80. The van der Waals surface area contributed by atoms with E-state index in [-0.39, 0.29) is 10.8 Å². The zero-order valence-corrected chi connectivity index (χ0v) is 17.5. The number of aromatic nitrogens is 1. The summed E-state index contributed by atoms with van der Waals surface area (Å²) in [5.41, 5.74) is 1.59. The maximum absolute atomic E-state index is 12.8. The Morgan fingerprint density at radius 2 is 1.65 bits per heavy atom. The molecule has 4 aromatic rings. The first-order valence-electron chi connectivity index (χ1n) is 9.81. The van der Waals surface area contributed by atoms with E-state index in [4.69, 9.17) is 0 Å². The zero-order chi connectivity index (χ0) is 21.7. The van der Waals surface area contributed by atoms with Gasteiger partial charge in [-0.05, 0) is 53.2 Å². The molecule has 7 heteroatoms. The minimum Gasteiger partial charge on any atom is -0.352 e. The summed E-state index contributed by atoms with van der Waals surface area (Å²) < 4.78 is 28.2. The molecule has 0 unspecified atom stereocenters. The number of hydrogen-bond donors (Lipinski definition) is 2. The lowest BCUT2D eigenvalue weighted by Gasteiger charge is -2.11. The molecule has 2 N–H and O–H groups in total. The molecule has 0 aliphatic heterocycles. The first-order chi connectivity index (χ1) is 15.0. The number of hydrogen-bond acceptors (Lipinski definition) is 4. The molecule has 0 saturated heterocycles. The van der Waals surface area contributed by atoms with Crippen LogP contribution in [0.25, 0.3) is 10.8 Å². The molecule has 0 aliphatic carbocycles.